The van der Waals surface area contributed by atoms with Crippen LogP contribution < -0.4 is 4.74 Å². The standard InChI is InChI=1S/C13H16N2O2.C2H6/c1-9-3-4-12(17-8-10-5-6-16-10)13-11(9)7-15(2)14-13;1-2/h3-4,7,10H,5-6,8H2,1-2H3;1-2H3. The molecule has 1 saturated heterocycles. The molecule has 4 heteroatoms. The fraction of sp³-hybridized carbons (Fsp3) is 0.533. The van der Waals surface area contributed by atoms with Crippen LogP contribution in [0.5, 0.6) is 5.75 Å². The normalized spacial score (nSPS) is 17.6. The fourth-order valence-electron chi connectivity index (χ4n) is 2.04. The van der Waals surface area contributed by atoms with Crippen LogP contribution in [0.4, 0.5) is 0 Å². The predicted octanol–water partition coefficient (Wildman–Crippen LogP) is 3.08. The number of ether oxygens (including phenoxy) is 2. The third kappa shape index (κ3) is 2.89. The molecule has 1 aliphatic heterocycles. The van der Waals surface area contributed by atoms with Crippen molar-refractivity contribution in [3.8, 4) is 5.75 Å². The molecule has 1 atom stereocenters. The second-order valence-electron chi connectivity index (χ2n) is 4.54. The van der Waals surface area contributed by atoms with Crippen molar-refractivity contribution in [2.75, 3.05) is 13.2 Å². The smallest absolute Gasteiger partial charge is 0.147 e. The monoisotopic (exact) mass is 262 g/mol. The van der Waals surface area contributed by atoms with Crippen LogP contribution in [0.15, 0.2) is 18.3 Å². The average Bonchev–Trinajstić information content (AvgIpc) is 2.75. The van der Waals surface area contributed by atoms with Gasteiger partial charge in [0.1, 0.15) is 17.9 Å². The summed E-state index contributed by atoms with van der Waals surface area (Å²) in [6.45, 7) is 7.57. The van der Waals surface area contributed by atoms with Crippen molar-refractivity contribution in [2.45, 2.75) is 33.3 Å². The summed E-state index contributed by atoms with van der Waals surface area (Å²) >= 11 is 0. The molecule has 0 spiro atoms. The zero-order chi connectivity index (χ0) is 13.8. The van der Waals surface area contributed by atoms with Crippen molar-refractivity contribution in [1.82, 2.24) is 9.78 Å². The van der Waals surface area contributed by atoms with Gasteiger partial charge in [-0.3, -0.25) is 4.68 Å². The number of fused-ring (bicyclic) bond motifs is 1. The largest absolute Gasteiger partial charge is 0.489 e. The Morgan fingerprint density at radius 2 is 2.16 bits per heavy atom. The van der Waals surface area contributed by atoms with Gasteiger partial charge in [-0.1, -0.05) is 19.9 Å². The Hall–Kier alpha value is -1.55. The van der Waals surface area contributed by atoms with E-state index in [1.807, 2.05) is 37.8 Å². The van der Waals surface area contributed by atoms with Crippen LogP contribution in [-0.4, -0.2) is 29.1 Å². The number of nitrogens with zero attached hydrogens (tertiary/aromatic N) is 2. The molecule has 0 aliphatic carbocycles. The summed E-state index contributed by atoms with van der Waals surface area (Å²) < 4.78 is 13.0. The molecular weight excluding hydrogens is 240 g/mol. The van der Waals surface area contributed by atoms with Crippen LogP contribution in [0.2, 0.25) is 0 Å². The third-order valence-corrected chi connectivity index (χ3v) is 3.19. The van der Waals surface area contributed by atoms with E-state index in [1.165, 1.54) is 5.56 Å². The Bertz CT molecular complexity index is 544. The van der Waals surface area contributed by atoms with Gasteiger partial charge in [0.15, 0.2) is 0 Å². The minimum atomic E-state index is 0.259. The summed E-state index contributed by atoms with van der Waals surface area (Å²) in [5.41, 5.74) is 2.16. The molecule has 0 saturated carbocycles. The minimum absolute atomic E-state index is 0.259. The molecule has 2 heterocycles. The summed E-state index contributed by atoms with van der Waals surface area (Å²) in [4.78, 5) is 0. The van der Waals surface area contributed by atoms with E-state index in [9.17, 15) is 0 Å². The topological polar surface area (TPSA) is 36.3 Å². The molecule has 0 radical (unpaired) electrons. The van der Waals surface area contributed by atoms with Crippen LogP contribution in [0.3, 0.4) is 0 Å². The van der Waals surface area contributed by atoms with Gasteiger partial charge < -0.3 is 9.47 Å². The van der Waals surface area contributed by atoms with Crippen molar-refractivity contribution in [3.63, 3.8) is 0 Å². The maximum atomic E-state index is 5.79. The molecule has 1 fully saturated rings. The van der Waals surface area contributed by atoms with Crippen molar-refractivity contribution in [3.05, 3.63) is 23.9 Å². The molecule has 0 amide bonds. The van der Waals surface area contributed by atoms with Gasteiger partial charge in [0.05, 0.1) is 6.10 Å². The Balaban J connectivity index is 0.000000637. The van der Waals surface area contributed by atoms with E-state index >= 15 is 0 Å². The van der Waals surface area contributed by atoms with Gasteiger partial charge in [-0.05, 0) is 18.6 Å². The van der Waals surface area contributed by atoms with E-state index in [0.717, 1.165) is 29.7 Å². The quantitative estimate of drug-likeness (QED) is 0.853. The van der Waals surface area contributed by atoms with Crippen LogP contribution in [0, 0.1) is 6.92 Å². The Kier molecular flexibility index (Phi) is 4.43. The Labute approximate surface area is 114 Å². The van der Waals surface area contributed by atoms with E-state index in [0.29, 0.717) is 6.61 Å². The lowest BCUT2D eigenvalue weighted by molar-refractivity contribution is -0.0718. The third-order valence-electron chi connectivity index (χ3n) is 3.19. The van der Waals surface area contributed by atoms with Gasteiger partial charge in [0, 0.05) is 31.7 Å². The molecule has 19 heavy (non-hydrogen) atoms. The van der Waals surface area contributed by atoms with Gasteiger partial charge in [-0.2, -0.15) is 5.10 Å². The molecule has 0 bridgehead atoms. The first-order valence-electron chi connectivity index (χ1n) is 6.91. The van der Waals surface area contributed by atoms with Crippen LogP contribution >= 0.6 is 0 Å². The van der Waals surface area contributed by atoms with Crippen LogP contribution in [0.25, 0.3) is 10.9 Å². The molecule has 1 aromatic carbocycles. The first kappa shape index (κ1) is 13.9. The lowest BCUT2D eigenvalue weighted by Crippen LogP contribution is -2.32. The highest BCUT2D eigenvalue weighted by molar-refractivity contribution is 5.87. The van der Waals surface area contributed by atoms with Crippen LogP contribution in [-0.2, 0) is 11.8 Å². The van der Waals surface area contributed by atoms with Gasteiger partial charge in [0.2, 0.25) is 0 Å². The fourth-order valence-corrected chi connectivity index (χ4v) is 2.04. The highest BCUT2D eigenvalue weighted by atomic mass is 16.5. The number of hydrogen-bond acceptors (Lipinski definition) is 3. The summed E-state index contributed by atoms with van der Waals surface area (Å²) in [5.74, 6) is 0.849. The summed E-state index contributed by atoms with van der Waals surface area (Å²) in [5, 5.41) is 5.60. The number of benzene rings is 1. The van der Waals surface area contributed by atoms with E-state index in [2.05, 4.69) is 18.1 Å². The lowest BCUT2D eigenvalue weighted by atomic mass is 10.1. The number of rotatable bonds is 3. The van der Waals surface area contributed by atoms with Crippen molar-refractivity contribution in [2.24, 2.45) is 7.05 Å². The highest BCUT2D eigenvalue weighted by Crippen LogP contribution is 2.27. The zero-order valence-corrected chi connectivity index (χ0v) is 12.1. The molecule has 2 aromatic rings. The molecule has 1 aliphatic rings. The van der Waals surface area contributed by atoms with Crippen molar-refractivity contribution >= 4 is 10.9 Å². The van der Waals surface area contributed by atoms with Gasteiger partial charge in [-0.25, -0.2) is 0 Å². The number of aromatic nitrogens is 2. The van der Waals surface area contributed by atoms with Gasteiger partial charge in [-0.15, -0.1) is 0 Å². The summed E-state index contributed by atoms with van der Waals surface area (Å²) in [7, 11) is 1.93. The molecule has 1 aromatic heterocycles. The van der Waals surface area contributed by atoms with E-state index in [1.54, 1.807) is 0 Å². The molecule has 104 valence electrons. The maximum Gasteiger partial charge on any atom is 0.147 e. The van der Waals surface area contributed by atoms with E-state index in [4.69, 9.17) is 9.47 Å². The molecule has 3 rings (SSSR count). The predicted molar refractivity (Wildman–Crippen MR) is 76.7 cm³/mol. The average molecular weight is 262 g/mol. The highest BCUT2D eigenvalue weighted by Gasteiger charge is 2.19. The van der Waals surface area contributed by atoms with E-state index < -0.39 is 0 Å². The maximum absolute atomic E-state index is 5.79. The Morgan fingerprint density at radius 3 is 2.79 bits per heavy atom. The molecule has 1 unspecified atom stereocenters. The molecule has 4 nitrogen and oxygen atoms in total. The number of hydrogen-bond donors (Lipinski definition) is 0. The second-order valence-corrected chi connectivity index (χ2v) is 4.54. The molecular formula is C15H22N2O2. The first-order chi connectivity index (χ1) is 9.24. The van der Waals surface area contributed by atoms with Gasteiger partial charge >= 0.3 is 0 Å². The summed E-state index contributed by atoms with van der Waals surface area (Å²) in [6.07, 6.45) is 3.38. The van der Waals surface area contributed by atoms with Crippen molar-refractivity contribution < 1.29 is 9.47 Å². The van der Waals surface area contributed by atoms with Crippen LogP contribution in [0.1, 0.15) is 25.8 Å². The Morgan fingerprint density at radius 1 is 1.42 bits per heavy atom. The first-order valence-corrected chi connectivity index (χ1v) is 6.91. The SMILES string of the molecule is CC.Cc1ccc(OCC2CCO2)c2nn(C)cc12. The second kappa shape index (κ2) is 6.06. The van der Waals surface area contributed by atoms with Gasteiger partial charge in [0.25, 0.3) is 0 Å². The zero-order valence-electron chi connectivity index (χ0n) is 12.1. The van der Waals surface area contributed by atoms with Crippen molar-refractivity contribution in [1.29, 1.82) is 0 Å². The van der Waals surface area contributed by atoms with E-state index in [-0.39, 0.29) is 6.10 Å². The molecule has 0 N–H and O–H groups in total. The minimum Gasteiger partial charge on any atom is -0.489 e. The number of aryl methyl sites for hydroxylation is 2. The lowest BCUT2D eigenvalue weighted by Gasteiger charge is -2.26. The summed E-state index contributed by atoms with van der Waals surface area (Å²) in [6, 6.07) is 4.06.